The Morgan fingerprint density at radius 1 is 1.23 bits per heavy atom. The van der Waals surface area contributed by atoms with Crippen LogP contribution in [0.5, 0.6) is 0 Å². The molecule has 3 atom stereocenters. The number of morpholine rings is 1. The smallest absolute Gasteiger partial charge is 0.275 e. The molecule has 0 unspecified atom stereocenters. The number of rotatable bonds is 4. The number of aryl methyl sites for hydroxylation is 1. The number of aliphatic hydroxyl groups is 1. The summed E-state index contributed by atoms with van der Waals surface area (Å²) in [6.07, 6.45) is 1.98. The Labute approximate surface area is 176 Å². The highest BCUT2D eigenvalue weighted by molar-refractivity contribution is 6.04. The van der Waals surface area contributed by atoms with Crippen LogP contribution in [0.4, 0.5) is 0 Å². The van der Waals surface area contributed by atoms with Gasteiger partial charge in [-0.1, -0.05) is 18.2 Å². The Hall–Kier alpha value is -2.29. The highest BCUT2D eigenvalue weighted by Crippen LogP contribution is 2.28. The molecule has 2 aliphatic rings. The zero-order chi connectivity index (χ0) is 21.3. The zero-order valence-electron chi connectivity index (χ0n) is 17.7. The lowest BCUT2D eigenvalue weighted by Gasteiger charge is -2.45. The highest BCUT2D eigenvalue weighted by Gasteiger charge is 2.39. The number of hydrogen-bond acceptors (Lipinski definition) is 6. The molecule has 2 fully saturated rings. The van der Waals surface area contributed by atoms with Gasteiger partial charge in [0.05, 0.1) is 30.7 Å². The van der Waals surface area contributed by atoms with E-state index in [0.717, 1.165) is 32.4 Å². The van der Waals surface area contributed by atoms with Gasteiger partial charge in [-0.15, -0.1) is 0 Å². The van der Waals surface area contributed by atoms with Crippen LogP contribution in [-0.2, 0) is 11.3 Å². The third-order valence-corrected chi connectivity index (χ3v) is 6.49. The Bertz CT molecular complexity index is 969. The molecular weight excluding hydrogens is 384 g/mol. The molecule has 2 aromatic rings. The van der Waals surface area contributed by atoms with Crippen molar-refractivity contribution in [1.82, 2.24) is 19.6 Å². The molecule has 0 radical (unpaired) electrons. The Morgan fingerprint density at radius 2 is 1.93 bits per heavy atom. The van der Waals surface area contributed by atoms with Crippen LogP contribution in [0.1, 0.15) is 36.7 Å². The van der Waals surface area contributed by atoms with Crippen LogP contribution in [0.25, 0.3) is 10.8 Å². The average molecular weight is 415 g/mol. The molecule has 1 aromatic heterocycles. The number of likely N-dealkylation sites (N-methyl/N-ethyl adjacent to an activating group) is 1. The fraction of sp³-hybridized carbons (Fsp3) is 0.591. The number of hydrogen-bond donors (Lipinski definition) is 1. The molecule has 1 amide bonds. The molecule has 0 spiro atoms. The van der Waals surface area contributed by atoms with Gasteiger partial charge in [-0.2, -0.15) is 5.10 Å². The van der Waals surface area contributed by atoms with E-state index >= 15 is 0 Å². The number of carbonyl (C=O) groups excluding carboxylic acids is 1. The van der Waals surface area contributed by atoms with E-state index in [-0.39, 0.29) is 29.2 Å². The molecule has 1 aromatic carbocycles. The number of benzene rings is 1. The second kappa shape index (κ2) is 8.83. The van der Waals surface area contributed by atoms with E-state index in [9.17, 15) is 14.7 Å². The fourth-order valence-corrected chi connectivity index (χ4v) is 4.79. The van der Waals surface area contributed by atoms with Gasteiger partial charge in [-0.05, 0) is 32.3 Å². The quantitative estimate of drug-likeness (QED) is 0.806. The molecule has 1 saturated carbocycles. The third-order valence-electron chi connectivity index (χ3n) is 6.49. The molecule has 1 aliphatic heterocycles. The average Bonchev–Trinajstić information content (AvgIpc) is 2.79. The maximum absolute atomic E-state index is 13.5. The number of carbonyl (C=O) groups is 1. The standard InChI is InChI=1S/C22H30N4O4/c1-3-26-21(28)16-8-5-4-7-15(16)19(23-26)22(29)24(2)17-9-6-10-18(20(17)27)25-11-13-30-14-12-25/h4-5,7-8,17-18,20,27H,3,6,9-14H2,1-2H3/t17-,18-,20-/m1/s1. The molecule has 1 N–H and O–H groups in total. The van der Waals surface area contributed by atoms with Crippen LogP contribution in [0.3, 0.4) is 0 Å². The van der Waals surface area contributed by atoms with Gasteiger partial charge in [0.2, 0.25) is 0 Å². The largest absolute Gasteiger partial charge is 0.389 e. The summed E-state index contributed by atoms with van der Waals surface area (Å²) in [6, 6.07) is 6.82. The first-order valence-corrected chi connectivity index (χ1v) is 10.8. The van der Waals surface area contributed by atoms with Crippen molar-refractivity contribution in [2.45, 2.75) is 50.9 Å². The van der Waals surface area contributed by atoms with E-state index < -0.39 is 6.10 Å². The van der Waals surface area contributed by atoms with E-state index in [1.54, 1.807) is 36.2 Å². The van der Waals surface area contributed by atoms with Crippen molar-refractivity contribution in [2.75, 3.05) is 33.4 Å². The second-order valence-electron chi connectivity index (χ2n) is 8.14. The Balaban J connectivity index is 1.63. The molecule has 8 heteroatoms. The molecule has 0 bridgehead atoms. The van der Waals surface area contributed by atoms with Crippen LogP contribution in [-0.4, -0.2) is 82.1 Å². The number of aliphatic hydroxyl groups excluding tert-OH is 1. The van der Waals surface area contributed by atoms with Gasteiger partial charge in [0.25, 0.3) is 11.5 Å². The predicted molar refractivity (Wildman–Crippen MR) is 114 cm³/mol. The van der Waals surface area contributed by atoms with E-state index in [1.165, 1.54) is 4.68 Å². The van der Waals surface area contributed by atoms with E-state index in [1.807, 2.05) is 6.92 Å². The number of ether oxygens (including phenoxy) is 1. The zero-order valence-corrected chi connectivity index (χ0v) is 17.7. The lowest BCUT2D eigenvalue weighted by molar-refractivity contribution is -0.0614. The van der Waals surface area contributed by atoms with Gasteiger partial charge in [0, 0.05) is 38.1 Å². The van der Waals surface area contributed by atoms with Gasteiger partial charge in [0.1, 0.15) is 0 Å². The predicted octanol–water partition coefficient (Wildman–Crippen LogP) is 1.10. The highest BCUT2D eigenvalue weighted by atomic mass is 16.5. The van der Waals surface area contributed by atoms with Gasteiger partial charge in [0.15, 0.2) is 5.69 Å². The van der Waals surface area contributed by atoms with Crippen molar-refractivity contribution in [3.8, 4) is 0 Å². The first-order valence-electron chi connectivity index (χ1n) is 10.8. The summed E-state index contributed by atoms with van der Waals surface area (Å²) in [5, 5.41) is 16.6. The van der Waals surface area contributed by atoms with Crippen molar-refractivity contribution < 1.29 is 14.6 Å². The molecule has 162 valence electrons. The molecule has 8 nitrogen and oxygen atoms in total. The number of aromatic nitrogens is 2. The Kier molecular flexibility index (Phi) is 6.17. The SMILES string of the molecule is CCn1nc(C(=O)N(C)[C@@H]2CCC[C@@H](N3CCOCC3)[C@@H]2O)c2ccccc2c1=O. The van der Waals surface area contributed by atoms with Gasteiger partial charge in [-0.25, -0.2) is 4.68 Å². The van der Waals surface area contributed by atoms with Crippen molar-refractivity contribution in [3.05, 3.63) is 40.3 Å². The number of amides is 1. The van der Waals surface area contributed by atoms with Crippen molar-refractivity contribution in [2.24, 2.45) is 0 Å². The minimum absolute atomic E-state index is 0.0252. The summed E-state index contributed by atoms with van der Waals surface area (Å²) in [7, 11) is 1.73. The molecule has 2 heterocycles. The monoisotopic (exact) mass is 414 g/mol. The maximum atomic E-state index is 13.5. The lowest BCUT2D eigenvalue weighted by Crippen LogP contribution is -2.58. The van der Waals surface area contributed by atoms with Crippen LogP contribution < -0.4 is 5.56 Å². The molecule has 30 heavy (non-hydrogen) atoms. The third kappa shape index (κ3) is 3.75. The normalized spacial score (nSPS) is 25.4. The summed E-state index contributed by atoms with van der Waals surface area (Å²) in [5.41, 5.74) is 0.0626. The summed E-state index contributed by atoms with van der Waals surface area (Å²) >= 11 is 0. The van der Waals surface area contributed by atoms with Crippen LogP contribution in [0, 0.1) is 0 Å². The summed E-state index contributed by atoms with van der Waals surface area (Å²) < 4.78 is 6.78. The second-order valence-corrected chi connectivity index (χ2v) is 8.14. The topological polar surface area (TPSA) is 87.9 Å². The van der Waals surface area contributed by atoms with Gasteiger partial charge in [-0.3, -0.25) is 14.5 Å². The van der Waals surface area contributed by atoms with E-state index in [4.69, 9.17) is 4.74 Å². The molecule has 1 saturated heterocycles. The first-order chi connectivity index (χ1) is 14.5. The minimum Gasteiger partial charge on any atom is -0.389 e. The maximum Gasteiger partial charge on any atom is 0.275 e. The van der Waals surface area contributed by atoms with Crippen LogP contribution in [0.15, 0.2) is 29.1 Å². The molecule has 1 aliphatic carbocycles. The van der Waals surface area contributed by atoms with E-state index in [0.29, 0.717) is 30.5 Å². The van der Waals surface area contributed by atoms with Crippen molar-refractivity contribution in [3.63, 3.8) is 0 Å². The molecular formula is C22H30N4O4. The van der Waals surface area contributed by atoms with Crippen LogP contribution >= 0.6 is 0 Å². The van der Waals surface area contributed by atoms with Gasteiger partial charge >= 0.3 is 0 Å². The van der Waals surface area contributed by atoms with Crippen LogP contribution in [0.2, 0.25) is 0 Å². The fourth-order valence-electron chi connectivity index (χ4n) is 4.79. The van der Waals surface area contributed by atoms with Gasteiger partial charge < -0.3 is 14.7 Å². The summed E-state index contributed by atoms with van der Waals surface area (Å²) in [4.78, 5) is 30.0. The number of nitrogens with zero attached hydrogens (tertiary/aromatic N) is 4. The first kappa shape index (κ1) is 21.0. The summed E-state index contributed by atoms with van der Waals surface area (Å²) in [6.45, 7) is 5.19. The lowest BCUT2D eigenvalue weighted by atomic mass is 9.86. The van der Waals surface area contributed by atoms with Crippen molar-refractivity contribution >= 4 is 16.7 Å². The van der Waals surface area contributed by atoms with E-state index in [2.05, 4.69) is 10.00 Å². The number of fused-ring (bicyclic) bond motifs is 1. The summed E-state index contributed by atoms with van der Waals surface area (Å²) in [5.74, 6) is -0.264. The van der Waals surface area contributed by atoms with Crippen molar-refractivity contribution in [1.29, 1.82) is 0 Å². The Morgan fingerprint density at radius 3 is 2.63 bits per heavy atom. The molecule has 4 rings (SSSR count). The minimum atomic E-state index is -0.630.